The van der Waals surface area contributed by atoms with Crippen molar-refractivity contribution in [1.29, 1.82) is 0 Å². The van der Waals surface area contributed by atoms with Crippen molar-refractivity contribution in [2.24, 2.45) is 0 Å². The Morgan fingerprint density at radius 3 is 2.32 bits per heavy atom. The summed E-state index contributed by atoms with van der Waals surface area (Å²) in [6.45, 7) is 7.66. The number of nitrogens with zero attached hydrogens (tertiary/aromatic N) is 4. The number of aromatic nitrogens is 3. The van der Waals surface area contributed by atoms with Gasteiger partial charge in [0.2, 0.25) is 0 Å². The van der Waals surface area contributed by atoms with Crippen molar-refractivity contribution in [3.05, 3.63) is 39.9 Å². The molecule has 0 radical (unpaired) electrons. The molecule has 3 rings (SSSR count). The van der Waals surface area contributed by atoms with E-state index >= 15 is 0 Å². The molecule has 1 saturated heterocycles. The number of likely N-dealkylation sites (tertiary alicyclic amines) is 1. The van der Waals surface area contributed by atoms with E-state index < -0.39 is 0 Å². The van der Waals surface area contributed by atoms with Crippen LogP contribution in [0.2, 0.25) is 0 Å². The molecule has 0 unspecified atom stereocenters. The van der Waals surface area contributed by atoms with Gasteiger partial charge >= 0.3 is 0 Å². The smallest absolute Gasteiger partial charge is 0.256 e. The van der Waals surface area contributed by atoms with Gasteiger partial charge in [0, 0.05) is 42.0 Å². The first-order chi connectivity index (χ1) is 10.5. The van der Waals surface area contributed by atoms with Gasteiger partial charge in [0.15, 0.2) is 0 Å². The molecule has 1 fully saturated rings. The molecule has 5 nitrogen and oxygen atoms in total. The highest BCUT2D eigenvalue weighted by atomic mass is 32.1. The van der Waals surface area contributed by atoms with Gasteiger partial charge in [-0.1, -0.05) is 6.92 Å². The van der Waals surface area contributed by atoms with Gasteiger partial charge in [0.05, 0.1) is 10.6 Å². The van der Waals surface area contributed by atoms with Crippen LogP contribution in [0, 0.1) is 13.8 Å². The van der Waals surface area contributed by atoms with Crippen LogP contribution >= 0.6 is 11.3 Å². The number of aryl methyl sites for hydroxylation is 2. The molecule has 22 heavy (non-hydrogen) atoms. The minimum atomic E-state index is 0.0253. The maximum absolute atomic E-state index is 12.5. The Morgan fingerprint density at radius 1 is 1.14 bits per heavy atom. The summed E-state index contributed by atoms with van der Waals surface area (Å²) in [5.74, 6) is 0.708. The lowest BCUT2D eigenvalue weighted by atomic mass is 9.81. The van der Waals surface area contributed by atoms with E-state index in [-0.39, 0.29) is 11.3 Å². The average Bonchev–Trinajstić information content (AvgIpc) is 2.96. The van der Waals surface area contributed by atoms with Gasteiger partial charge in [-0.3, -0.25) is 4.79 Å². The minimum Gasteiger partial charge on any atom is -0.338 e. The molecule has 0 atom stereocenters. The third-order valence-corrected chi connectivity index (χ3v) is 5.54. The number of carbonyl (C=O) groups is 1. The Balaban J connectivity index is 1.68. The van der Waals surface area contributed by atoms with Crippen LogP contribution in [-0.4, -0.2) is 38.8 Å². The SMILES string of the molecule is Cc1ncc(C(=O)N2CCC(C)(c3ncc(C)s3)CC2)cn1. The lowest BCUT2D eigenvalue weighted by Gasteiger charge is -2.38. The molecule has 3 heterocycles. The van der Waals surface area contributed by atoms with Gasteiger partial charge in [-0.05, 0) is 26.7 Å². The maximum Gasteiger partial charge on any atom is 0.256 e. The van der Waals surface area contributed by atoms with Crippen molar-refractivity contribution in [3.63, 3.8) is 0 Å². The number of hydrogen-bond acceptors (Lipinski definition) is 5. The first-order valence-electron chi connectivity index (χ1n) is 7.49. The Labute approximate surface area is 134 Å². The van der Waals surface area contributed by atoms with Gasteiger partial charge in [0.25, 0.3) is 5.91 Å². The largest absolute Gasteiger partial charge is 0.338 e. The second-order valence-electron chi connectivity index (χ2n) is 6.15. The molecule has 0 saturated carbocycles. The quantitative estimate of drug-likeness (QED) is 0.855. The van der Waals surface area contributed by atoms with E-state index in [2.05, 4.69) is 28.8 Å². The Hall–Kier alpha value is -1.82. The molecule has 0 aromatic carbocycles. The van der Waals surface area contributed by atoms with E-state index in [1.807, 2.05) is 18.0 Å². The molecule has 116 valence electrons. The Morgan fingerprint density at radius 2 is 1.77 bits per heavy atom. The van der Waals surface area contributed by atoms with Crippen molar-refractivity contribution in [1.82, 2.24) is 19.9 Å². The average molecular weight is 316 g/mol. The molecule has 2 aromatic rings. The zero-order chi connectivity index (χ0) is 15.7. The highest BCUT2D eigenvalue weighted by Crippen LogP contribution is 2.37. The summed E-state index contributed by atoms with van der Waals surface area (Å²) in [5, 5.41) is 1.19. The number of hydrogen-bond donors (Lipinski definition) is 0. The number of carbonyl (C=O) groups excluding carboxylic acids is 1. The summed E-state index contributed by atoms with van der Waals surface area (Å²) in [6, 6.07) is 0. The second kappa shape index (κ2) is 5.76. The maximum atomic E-state index is 12.5. The predicted octanol–water partition coefficient (Wildman–Crippen LogP) is 2.74. The minimum absolute atomic E-state index is 0.0253. The van der Waals surface area contributed by atoms with E-state index in [0.29, 0.717) is 11.4 Å². The van der Waals surface area contributed by atoms with Crippen molar-refractivity contribution < 1.29 is 4.79 Å². The first kappa shape index (κ1) is 15.1. The molecule has 1 aliphatic rings. The summed E-state index contributed by atoms with van der Waals surface area (Å²) < 4.78 is 0. The van der Waals surface area contributed by atoms with Gasteiger partial charge in [0.1, 0.15) is 5.82 Å². The fraction of sp³-hybridized carbons (Fsp3) is 0.500. The topological polar surface area (TPSA) is 59.0 Å². The number of piperidine rings is 1. The van der Waals surface area contributed by atoms with Gasteiger partial charge in [-0.2, -0.15) is 0 Å². The summed E-state index contributed by atoms with van der Waals surface area (Å²) in [5.41, 5.74) is 0.652. The summed E-state index contributed by atoms with van der Waals surface area (Å²) >= 11 is 1.77. The monoisotopic (exact) mass is 316 g/mol. The molecular formula is C16H20N4OS. The normalized spacial score (nSPS) is 17.5. The van der Waals surface area contributed by atoms with E-state index in [4.69, 9.17) is 0 Å². The summed E-state index contributed by atoms with van der Waals surface area (Å²) in [4.78, 5) is 28.4. The van der Waals surface area contributed by atoms with Crippen molar-refractivity contribution in [2.75, 3.05) is 13.1 Å². The zero-order valence-electron chi connectivity index (χ0n) is 13.2. The van der Waals surface area contributed by atoms with Gasteiger partial charge in [-0.15, -0.1) is 11.3 Å². The van der Waals surface area contributed by atoms with Crippen LogP contribution in [0.1, 0.15) is 45.8 Å². The summed E-state index contributed by atoms with van der Waals surface area (Å²) in [7, 11) is 0. The van der Waals surface area contributed by atoms with Crippen LogP contribution < -0.4 is 0 Å². The summed E-state index contributed by atoms with van der Waals surface area (Å²) in [6.07, 6.45) is 7.05. The Kier molecular flexibility index (Phi) is 3.95. The molecule has 0 spiro atoms. The van der Waals surface area contributed by atoms with Crippen molar-refractivity contribution in [2.45, 2.75) is 39.0 Å². The molecule has 1 aliphatic heterocycles. The first-order valence-corrected chi connectivity index (χ1v) is 8.30. The molecular weight excluding hydrogens is 296 g/mol. The van der Waals surface area contributed by atoms with E-state index in [0.717, 1.165) is 25.9 Å². The van der Waals surface area contributed by atoms with Crippen molar-refractivity contribution >= 4 is 17.2 Å². The van der Waals surface area contributed by atoms with Crippen LogP contribution in [0.15, 0.2) is 18.6 Å². The third-order valence-electron chi connectivity index (χ3n) is 4.32. The van der Waals surface area contributed by atoms with Crippen molar-refractivity contribution in [3.8, 4) is 0 Å². The fourth-order valence-electron chi connectivity index (χ4n) is 2.74. The molecule has 0 N–H and O–H groups in total. The number of rotatable bonds is 2. The third kappa shape index (κ3) is 2.88. The molecule has 0 aliphatic carbocycles. The molecule has 0 bridgehead atoms. The van der Waals surface area contributed by atoms with E-state index in [9.17, 15) is 4.79 Å². The molecule has 2 aromatic heterocycles. The molecule has 1 amide bonds. The fourth-order valence-corrected chi connectivity index (χ4v) is 3.70. The van der Waals surface area contributed by atoms with Crippen LogP contribution in [0.4, 0.5) is 0 Å². The number of amides is 1. The lowest BCUT2D eigenvalue weighted by Crippen LogP contribution is -2.44. The Bertz CT molecular complexity index is 672. The lowest BCUT2D eigenvalue weighted by molar-refractivity contribution is 0.0675. The van der Waals surface area contributed by atoms with E-state index in [1.165, 1.54) is 9.88 Å². The van der Waals surface area contributed by atoms with Crippen LogP contribution in [0.3, 0.4) is 0 Å². The number of thiazole rings is 1. The van der Waals surface area contributed by atoms with Crippen LogP contribution in [0.5, 0.6) is 0 Å². The standard InChI is InChI=1S/C16H20N4OS/c1-11-8-19-15(22-11)16(3)4-6-20(7-5-16)14(21)13-9-17-12(2)18-10-13/h8-10H,4-7H2,1-3H3. The highest BCUT2D eigenvalue weighted by molar-refractivity contribution is 7.11. The van der Waals surface area contributed by atoms with Gasteiger partial charge < -0.3 is 4.90 Å². The van der Waals surface area contributed by atoms with Crippen LogP contribution in [-0.2, 0) is 5.41 Å². The molecule has 6 heteroatoms. The second-order valence-corrected chi connectivity index (χ2v) is 7.38. The predicted molar refractivity (Wildman–Crippen MR) is 86.1 cm³/mol. The van der Waals surface area contributed by atoms with E-state index in [1.54, 1.807) is 23.7 Å². The zero-order valence-corrected chi connectivity index (χ0v) is 14.0. The van der Waals surface area contributed by atoms with Gasteiger partial charge in [-0.25, -0.2) is 15.0 Å². The highest BCUT2D eigenvalue weighted by Gasteiger charge is 2.35. The van der Waals surface area contributed by atoms with Crippen LogP contribution in [0.25, 0.3) is 0 Å².